The first-order valence-electron chi connectivity index (χ1n) is 13.5. The molecule has 0 bridgehead atoms. The van der Waals surface area contributed by atoms with E-state index in [0.29, 0.717) is 34.7 Å². The molecule has 0 amide bonds. The van der Waals surface area contributed by atoms with E-state index in [0.717, 1.165) is 24.6 Å². The van der Waals surface area contributed by atoms with Crippen molar-refractivity contribution < 1.29 is 41.3 Å². The summed E-state index contributed by atoms with van der Waals surface area (Å²) in [6.07, 6.45) is -3.95. The zero-order chi connectivity index (χ0) is 31.2. The number of carboxylic acid groups (broad SMARTS) is 1. The maximum Gasteiger partial charge on any atom is 0.433 e. The molecule has 1 unspecified atom stereocenters. The first-order valence-corrected chi connectivity index (χ1v) is 13.5. The van der Waals surface area contributed by atoms with Gasteiger partial charge < -0.3 is 19.1 Å². The summed E-state index contributed by atoms with van der Waals surface area (Å²) in [6.45, 7) is 0.664. The second-order valence-corrected chi connectivity index (χ2v) is 10.3. The van der Waals surface area contributed by atoms with Crippen molar-refractivity contribution in [2.24, 2.45) is 7.05 Å². The van der Waals surface area contributed by atoms with Crippen LogP contribution in [0.5, 0.6) is 5.88 Å². The number of rotatable bonds is 9. The fourth-order valence-electron chi connectivity index (χ4n) is 5.02. The van der Waals surface area contributed by atoms with Gasteiger partial charge in [-0.2, -0.15) is 18.3 Å². The molecule has 0 aliphatic carbocycles. The second kappa shape index (κ2) is 11.3. The number of imidazole rings is 1. The van der Waals surface area contributed by atoms with Crippen molar-refractivity contribution >= 4 is 17.0 Å². The van der Waals surface area contributed by atoms with E-state index in [1.807, 2.05) is 0 Å². The van der Waals surface area contributed by atoms with Crippen LogP contribution in [0.25, 0.3) is 22.3 Å². The lowest BCUT2D eigenvalue weighted by atomic mass is 10.0. The molecule has 0 saturated carbocycles. The molecule has 9 nitrogen and oxygen atoms in total. The summed E-state index contributed by atoms with van der Waals surface area (Å²) < 4.78 is 83.5. The van der Waals surface area contributed by atoms with Crippen molar-refractivity contribution in [2.75, 3.05) is 6.61 Å². The Morgan fingerprint density at radius 1 is 1.09 bits per heavy atom. The van der Waals surface area contributed by atoms with Crippen LogP contribution in [-0.2, 0) is 37.5 Å². The van der Waals surface area contributed by atoms with Gasteiger partial charge >= 0.3 is 12.1 Å². The van der Waals surface area contributed by atoms with Gasteiger partial charge in [0.25, 0.3) is 0 Å². The van der Waals surface area contributed by atoms with Gasteiger partial charge in [-0.05, 0) is 54.4 Å². The third-order valence-electron chi connectivity index (χ3n) is 7.33. The molecule has 6 rings (SSSR count). The van der Waals surface area contributed by atoms with Gasteiger partial charge in [-0.25, -0.2) is 23.5 Å². The molecular weight excluding hydrogens is 589 g/mol. The maximum absolute atomic E-state index is 15.4. The van der Waals surface area contributed by atoms with Crippen LogP contribution in [0.15, 0.2) is 54.6 Å². The van der Waals surface area contributed by atoms with Crippen molar-refractivity contribution in [2.45, 2.75) is 38.3 Å². The normalized spacial score (nSPS) is 15.0. The molecule has 1 atom stereocenters. The molecule has 1 aliphatic heterocycles. The fraction of sp³-hybridized carbons (Fsp3) is 0.267. The summed E-state index contributed by atoms with van der Waals surface area (Å²) in [4.78, 5) is 20.3. The summed E-state index contributed by atoms with van der Waals surface area (Å²) in [5.74, 6) is -2.17. The van der Waals surface area contributed by atoms with Crippen LogP contribution >= 0.6 is 0 Å². The lowest BCUT2D eigenvalue weighted by molar-refractivity contribution is -0.143. The lowest BCUT2D eigenvalue weighted by Gasteiger charge is -2.27. The quantitative estimate of drug-likeness (QED) is 0.210. The Balaban J connectivity index is 1.25. The van der Waals surface area contributed by atoms with Crippen molar-refractivity contribution in [1.82, 2.24) is 24.3 Å². The Morgan fingerprint density at radius 2 is 1.89 bits per heavy atom. The number of alkyl halides is 3. The Bertz CT molecular complexity index is 1880. The van der Waals surface area contributed by atoms with Gasteiger partial charge in [0.15, 0.2) is 0 Å². The Morgan fingerprint density at radius 3 is 2.57 bits per heavy atom. The van der Waals surface area contributed by atoms with E-state index in [1.165, 1.54) is 37.4 Å². The summed E-state index contributed by atoms with van der Waals surface area (Å²) in [7, 11) is 1.17. The number of carbonyl (C=O) groups is 1. The van der Waals surface area contributed by atoms with E-state index < -0.39 is 29.5 Å². The SMILES string of the molecule is Cn1nc(COc2cccc(-c3cc(F)c(Cc4nc5ccc(C(=O)O)cc5n4CC4CCO4)cc3F)n2)cc1C(F)(F)F. The number of hydrogen-bond acceptors (Lipinski definition) is 6. The van der Waals surface area contributed by atoms with Crippen LogP contribution in [-0.4, -0.2) is 48.1 Å². The minimum Gasteiger partial charge on any atom is -0.478 e. The number of benzene rings is 2. The summed E-state index contributed by atoms with van der Waals surface area (Å²) >= 11 is 0. The van der Waals surface area contributed by atoms with Crippen molar-refractivity contribution in [3.8, 4) is 17.1 Å². The van der Waals surface area contributed by atoms with Gasteiger partial charge in [-0.3, -0.25) is 4.68 Å². The Hall–Kier alpha value is -4.85. The van der Waals surface area contributed by atoms with Crippen molar-refractivity contribution in [3.05, 3.63) is 94.6 Å². The van der Waals surface area contributed by atoms with E-state index in [4.69, 9.17) is 9.47 Å². The van der Waals surface area contributed by atoms with E-state index >= 15 is 8.78 Å². The smallest absolute Gasteiger partial charge is 0.433 e. The Kier molecular flexibility index (Phi) is 7.53. The maximum atomic E-state index is 15.4. The number of aromatic carboxylic acids is 1. The second-order valence-electron chi connectivity index (χ2n) is 10.3. The molecule has 0 radical (unpaired) electrons. The number of nitrogens with zero attached hydrogens (tertiary/aromatic N) is 5. The monoisotopic (exact) mass is 613 g/mol. The van der Waals surface area contributed by atoms with Crippen LogP contribution in [0.3, 0.4) is 0 Å². The third kappa shape index (κ3) is 5.84. The summed E-state index contributed by atoms with van der Waals surface area (Å²) in [6, 6.07) is 11.8. The standard InChI is InChI=1S/C30H24F5N5O4/c1-39-26(30(33,34)35)12-18(38-39)15-44-28-4-2-3-23(37-28)20-13-21(31)17(9-22(20)32)11-27-36-24-6-5-16(29(41)42)10-25(24)40(27)14-19-7-8-43-19/h2-6,9-10,12-13,19H,7-8,11,14-15H2,1H3,(H,41,42). The zero-order valence-corrected chi connectivity index (χ0v) is 23.1. The topological polar surface area (TPSA) is 104 Å². The predicted molar refractivity (Wildman–Crippen MR) is 146 cm³/mol. The van der Waals surface area contributed by atoms with Crippen molar-refractivity contribution in [3.63, 3.8) is 0 Å². The van der Waals surface area contributed by atoms with Gasteiger partial charge in [0.1, 0.15) is 35.5 Å². The number of hydrogen-bond donors (Lipinski definition) is 1. The largest absolute Gasteiger partial charge is 0.478 e. The van der Waals surface area contributed by atoms with Crippen LogP contribution in [0.4, 0.5) is 22.0 Å². The number of aryl methyl sites for hydroxylation is 1. The first kappa shape index (κ1) is 29.2. The molecular formula is C30H24F5N5O4. The van der Waals surface area contributed by atoms with Crippen molar-refractivity contribution in [1.29, 1.82) is 0 Å². The highest BCUT2D eigenvalue weighted by atomic mass is 19.4. The molecule has 1 saturated heterocycles. The molecule has 1 fully saturated rings. The molecule has 2 aromatic carbocycles. The highest BCUT2D eigenvalue weighted by Gasteiger charge is 2.35. The fourth-order valence-corrected chi connectivity index (χ4v) is 5.02. The average Bonchev–Trinajstić information content (AvgIpc) is 3.50. The minimum atomic E-state index is -4.58. The summed E-state index contributed by atoms with van der Waals surface area (Å²) in [5.41, 5.74) is 0.159. The highest BCUT2D eigenvalue weighted by molar-refractivity contribution is 5.92. The van der Waals surface area contributed by atoms with Gasteiger partial charge in [-0.1, -0.05) is 6.07 Å². The number of halogens is 5. The van der Waals surface area contributed by atoms with Gasteiger partial charge in [-0.15, -0.1) is 0 Å². The van der Waals surface area contributed by atoms with E-state index in [9.17, 15) is 23.1 Å². The number of aromatic nitrogens is 5. The van der Waals surface area contributed by atoms with Gasteiger partial charge in [0.2, 0.25) is 5.88 Å². The Labute approximate surface area is 246 Å². The molecule has 1 N–H and O–H groups in total. The minimum absolute atomic E-state index is 0.0155. The molecule has 5 aromatic rings. The number of carboxylic acids is 1. The van der Waals surface area contributed by atoms with Gasteiger partial charge in [0, 0.05) is 31.7 Å². The van der Waals surface area contributed by atoms with Gasteiger partial charge in [0.05, 0.1) is 34.9 Å². The van der Waals surface area contributed by atoms with Crippen LogP contribution < -0.4 is 4.74 Å². The predicted octanol–water partition coefficient (Wildman–Crippen LogP) is 5.79. The van der Waals surface area contributed by atoms with Crippen LogP contribution in [0.1, 0.15) is 39.6 Å². The van der Waals surface area contributed by atoms with E-state index in [-0.39, 0.29) is 53.1 Å². The molecule has 228 valence electrons. The third-order valence-corrected chi connectivity index (χ3v) is 7.33. The molecule has 1 aliphatic rings. The van der Waals surface area contributed by atoms with E-state index in [2.05, 4.69) is 15.1 Å². The lowest BCUT2D eigenvalue weighted by Crippen LogP contribution is -2.31. The highest BCUT2D eigenvalue weighted by Crippen LogP contribution is 2.31. The van der Waals surface area contributed by atoms with E-state index in [1.54, 1.807) is 10.6 Å². The van der Waals surface area contributed by atoms with Crippen LogP contribution in [0, 0.1) is 11.6 Å². The molecule has 0 spiro atoms. The summed E-state index contributed by atoms with van der Waals surface area (Å²) in [5, 5.41) is 13.2. The first-order chi connectivity index (χ1) is 21.0. The molecule has 4 heterocycles. The number of fused-ring (bicyclic) bond motifs is 1. The number of ether oxygens (including phenoxy) is 2. The molecule has 3 aromatic heterocycles. The van der Waals surface area contributed by atoms with Crippen LogP contribution in [0.2, 0.25) is 0 Å². The molecule has 44 heavy (non-hydrogen) atoms. The number of pyridine rings is 1. The zero-order valence-electron chi connectivity index (χ0n) is 23.1. The molecule has 14 heteroatoms. The average molecular weight is 614 g/mol.